The van der Waals surface area contributed by atoms with E-state index in [9.17, 15) is 4.79 Å². The van der Waals surface area contributed by atoms with Gasteiger partial charge < -0.3 is 14.6 Å². The van der Waals surface area contributed by atoms with Crippen LogP contribution in [-0.4, -0.2) is 16.0 Å². The zero-order valence-electron chi connectivity index (χ0n) is 20.1. The zero-order chi connectivity index (χ0) is 25.0. The number of nitriles is 1. The molecule has 1 amide bonds. The summed E-state index contributed by atoms with van der Waals surface area (Å²) in [5.41, 5.74) is 3.77. The highest BCUT2D eigenvalue weighted by Crippen LogP contribution is 2.28. The fourth-order valence-corrected chi connectivity index (χ4v) is 3.46. The van der Waals surface area contributed by atoms with Crippen LogP contribution in [0.3, 0.4) is 0 Å². The third kappa shape index (κ3) is 5.56. The lowest BCUT2D eigenvalue weighted by molar-refractivity contribution is 0.102. The van der Waals surface area contributed by atoms with E-state index in [1.165, 1.54) is 0 Å². The summed E-state index contributed by atoms with van der Waals surface area (Å²) >= 11 is 0. The number of amides is 1. The molecule has 0 saturated carbocycles. The number of nitrogens with one attached hydrogen (secondary N) is 1. The molecule has 7 heteroatoms. The first kappa shape index (κ1) is 23.7. The Hall–Kier alpha value is -4.44. The number of rotatable bonds is 6. The van der Waals surface area contributed by atoms with Gasteiger partial charge in [-0.1, -0.05) is 50.2 Å². The van der Waals surface area contributed by atoms with Crippen LogP contribution < -0.4 is 10.1 Å². The van der Waals surface area contributed by atoms with Gasteiger partial charge >= 0.3 is 0 Å². The van der Waals surface area contributed by atoms with Crippen LogP contribution in [-0.2, 0) is 12.0 Å². The van der Waals surface area contributed by atoms with E-state index in [0.29, 0.717) is 46.4 Å². The second kappa shape index (κ2) is 9.82. The fraction of sp³-hybridized carbons (Fsp3) is 0.214. The molecule has 0 aliphatic heterocycles. The summed E-state index contributed by atoms with van der Waals surface area (Å²) in [6, 6.07) is 22.0. The minimum absolute atomic E-state index is 0.265. The Bertz CT molecular complexity index is 1410. The van der Waals surface area contributed by atoms with Crippen molar-refractivity contribution in [3.63, 3.8) is 0 Å². The minimum atomic E-state index is -0.277. The summed E-state index contributed by atoms with van der Waals surface area (Å²) in [6.45, 7) is 8.24. The number of ether oxygens (including phenoxy) is 1. The molecule has 0 saturated heterocycles. The van der Waals surface area contributed by atoms with E-state index in [1.807, 2.05) is 52.0 Å². The Morgan fingerprint density at radius 1 is 1.09 bits per heavy atom. The molecule has 35 heavy (non-hydrogen) atoms. The molecule has 0 bridgehead atoms. The van der Waals surface area contributed by atoms with Crippen LogP contribution >= 0.6 is 0 Å². The summed E-state index contributed by atoms with van der Waals surface area (Å²) in [5.74, 6) is 1.28. The molecule has 0 unspecified atom stereocenters. The van der Waals surface area contributed by atoms with E-state index in [2.05, 4.69) is 21.5 Å². The number of benzene rings is 3. The van der Waals surface area contributed by atoms with E-state index < -0.39 is 0 Å². The average Bonchev–Trinajstić information content (AvgIpc) is 3.35. The normalized spacial score (nSPS) is 11.1. The van der Waals surface area contributed by atoms with Gasteiger partial charge in [0.2, 0.25) is 0 Å². The lowest BCUT2D eigenvalue weighted by Crippen LogP contribution is -2.14. The molecule has 3 aromatic carbocycles. The van der Waals surface area contributed by atoms with E-state index >= 15 is 0 Å². The maximum atomic E-state index is 13.2. The van der Waals surface area contributed by atoms with Crippen molar-refractivity contribution in [3.8, 4) is 23.3 Å². The van der Waals surface area contributed by atoms with Crippen molar-refractivity contribution < 1.29 is 14.1 Å². The average molecular weight is 467 g/mol. The lowest BCUT2D eigenvalue weighted by atomic mass is 9.96. The third-order valence-electron chi connectivity index (χ3n) is 5.41. The summed E-state index contributed by atoms with van der Waals surface area (Å²) in [7, 11) is 0. The molecule has 1 N–H and O–H groups in total. The van der Waals surface area contributed by atoms with Gasteiger partial charge in [0.15, 0.2) is 5.82 Å². The molecule has 0 radical (unpaired) electrons. The summed E-state index contributed by atoms with van der Waals surface area (Å²) in [5, 5.41) is 16.1. The molecule has 0 fully saturated rings. The second-order valence-electron chi connectivity index (χ2n) is 9.25. The van der Waals surface area contributed by atoms with Gasteiger partial charge in [0.05, 0.1) is 22.8 Å². The Kier molecular flexibility index (Phi) is 6.65. The fourth-order valence-electron chi connectivity index (χ4n) is 3.46. The van der Waals surface area contributed by atoms with Crippen LogP contribution in [0.25, 0.3) is 11.5 Å². The first-order valence-corrected chi connectivity index (χ1v) is 11.2. The number of anilines is 1. The van der Waals surface area contributed by atoms with Crippen molar-refractivity contribution in [2.24, 2.45) is 0 Å². The van der Waals surface area contributed by atoms with Crippen molar-refractivity contribution >= 4 is 11.6 Å². The molecular weight excluding hydrogens is 440 g/mol. The van der Waals surface area contributed by atoms with Crippen LogP contribution in [0, 0.1) is 18.3 Å². The van der Waals surface area contributed by atoms with Crippen LogP contribution in [0.4, 0.5) is 5.69 Å². The van der Waals surface area contributed by atoms with Crippen molar-refractivity contribution in [1.29, 1.82) is 5.26 Å². The van der Waals surface area contributed by atoms with E-state index in [0.717, 1.165) is 11.1 Å². The van der Waals surface area contributed by atoms with Gasteiger partial charge in [-0.15, -0.1) is 0 Å². The molecule has 176 valence electrons. The van der Waals surface area contributed by atoms with Crippen LogP contribution in [0.15, 0.2) is 71.3 Å². The quantitative estimate of drug-likeness (QED) is 0.371. The first-order chi connectivity index (χ1) is 16.7. The molecule has 0 aliphatic carbocycles. The van der Waals surface area contributed by atoms with E-state index in [1.54, 1.807) is 42.5 Å². The Morgan fingerprint density at radius 3 is 2.60 bits per heavy atom. The number of carbonyl (C=O) groups is 1. The van der Waals surface area contributed by atoms with Crippen molar-refractivity contribution in [2.45, 2.75) is 39.7 Å². The predicted octanol–water partition coefficient (Wildman–Crippen LogP) is 6.05. The third-order valence-corrected chi connectivity index (χ3v) is 5.41. The molecular formula is C28H26N4O3. The van der Waals surface area contributed by atoms with Gasteiger partial charge in [0.1, 0.15) is 12.4 Å². The van der Waals surface area contributed by atoms with Gasteiger partial charge in [-0.3, -0.25) is 4.79 Å². The topological polar surface area (TPSA) is 101 Å². The van der Waals surface area contributed by atoms with E-state index in [-0.39, 0.29) is 11.3 Å². The number of hydrogen-bond acceptors (Lipinski definition) is 6. The smallest absolute Gasteiger partial charge is 0.258 e. The van der Waals surface area contributed by atoms with Crippen molar-refractivity contribution in [3.05, 3.63) is 94.8 Å². The first-order valence-electron chi connectivity index (χ1n) is 11.2. The highest BCUT2D eigenvalue weighted by atomic mass is 16.5. The van der Waals surface area contributed by atoms with Gasteiger partial charge in [0.25, 0.3) is 11.8 Å². The maximum absolute atomic E-state index is 13.2. The number of aryl methyl sites for hydroxylation is 1. The molecule has 4 rings (SSSR count). The zero-order valence-corrected chi connectivity index (χ0v) is 20.1. The molecule has 0 spiro atoms. The highest BCUT2D eigenvalue weighted by Gasteiger charge is 2.23. The molecule has 0 atom stereocenters. The molecule has 4 aromatic rings. The number of hydrogen-bond donors (Lipinski definition) is 1. The van der Waals surface area contributed by atoms with Crippen LogP contribution in [0.1, 0.15) is 53.6 Å². The SMILES string of the molecule is Cc1cc(OCc2cccc(C#N)c2)ccc1NC(=O)c1ccccc1-c1nc(C(C)(C)C)no1. The lowest BCUT2D eigenvalue weighted by Gasteiger charge is -2.13. The molecule has 1 heterocycles. The second-order valence-corrected chi connectivity index (χ2v) is 9.25. The van der Waals surface area contributed by atoms with Gasteiger partial charge in [-0.2, -0.15) is 10.2 Å². The number of aromatic nitrogens is 2. The summed E-state index contributed by atoms with van der Waals surface area (Å²) < 4.78 is 11.3. The highest BCUT2D eigenvalue weighted by molar-refractivity contribution is 6.08. The molecule has 0 aliphatic rings. The Labute approximate surface area is 204 Å². The van der Waals surface area contributed by atoms with Crippen molar-refractivity contribution in [2.75, 3.05) is 5.32 Å². The number of nitrogens with zero attached hydrogens (tertiary/aromatic N) is 3. The van der Waals surface area contributed by atoms with E-state index in [4.69, 9.17) is 14.5 Å². The Morgan fingerprint density at radius 2 is 1.89 bits per heavy atom. The summed E-state index contributed by atoms with van der Waals surface area (Å²) in [4.78, 5) is 17.7. The summed E-state index contributed by atoms with van der Waals surface area (Å²) in [6.07, 6.45) is 0. The van der Waals surface area contributed by atoms with Gasteiger partial charge in [-0.05, 0) is 60.5 Å². The Balaban J connectivity index is 1.49. The van der Waals surface area contributed by atoms with Crippen LogP contribution in [0.5, 0.6) is 5.75 Å². The number of carbonyl (C=O) groups excluding carboxylic acids is 1. The van der Waals surface area contributed by atoms with Gasteiger partial charge in [0, 0.05) is 11.1 Å². The minimum Gasteiger partial charge on any atom is -0.489 e. The predicted molar refractivity (Wildman–Crippen MR) is 133 cm³/mol. The molecule has 1 aromatic heterocycles. The standard InChI is InChI=1S/C28H26N4O3/c1-18-14-21(34-17-20-9-7-8-19(15-20)16-29)12-13-24(18)30-25(33)22-10-5-6-11-23(22)26-31-27(32-35-26)28(2,3)4/h5-15H,17H2,1-4H3,(H,30,33). The molecule has 7 nitrogen and oxygen atoms in total. The van der Waals surface area contributed by atoms with Crippen LogP contribution in [0.2, 0.25) is 0 Å². The largest absolute Gasteiger partial charge is 0.489 e. The monoisotopic (exact) mass is 466 g/mol. The van der Waals surface area contributed by atoms with Crippen molar-refractivity contribution in [1.82, 2.24) is 10.1 Å². The van der Waals surface area contributed by atoms with Gasteiger partial charge in [-0.25, -0.2) is 0 Å². The maximum Gasteiger partial charge on any atom is 0.258 e.